The van der Waals surface area contributed by atoms with Gasteiger partial charge in [0.05, 0.1) is 18.8 Å². The molecule has 1 aliphatic rings. The van der Waals surface area contributed by atoms with Crippen LogP contribution >= 0.6 is 0 Å². The Kier molecular flexibility index (Phi) is 6.10. The van der Waals surface area contributed by atoms with Gasteiger partial charge >= 0.3 is 0 Å². The maximum Gasteiger partial charge on any atom is 0.228 e. The number of nitrogens with one attached hydrogen (secondary N) is 2. The second-order valence-electron chi connectivity index (χ2n) is 7.91. The summed E-state index contributed by atoms with van der Waals surface area (Å²) in [4.78, 5) is 16.6. The minimum atomic E-state index is 0.243. The number of piperazine rings is 1. The molecule has 30 heavy (non-hydrogen) atoms. The highest BCUT2D eigenvalue weighted by atomic mass is 16.5. The first-order valence-corrected chi connectivity index (χ1v) is 10.5. The Labute approximate surface area is 176 Å². The van der Waals surface area contributed by atoms with Crippen molar-refractivity contribution in [1.29, 1.82) is 0 Å². The van der Waals surface area contributed by atoms with Gasteiger partial charge in [0.1, 0.15) is 16.9 Å². The second-order valence-corrected chi connectivity index (χ2v) is 7.91. The summed E-state index contributed by atoms with van der Waals surface area (Å²) in [5, 5.41) is 11.7. The molecule has 0 bridgehead atoms. The number of hydrogen-bond acceptors (Lipinski definition) is 8. The summed E-state index contributed by atoms with van der Waals surface area (Å²) in [6.45, 7) is 11.1. The van der Waals surface area contributed by atoms with Crippen LogP contribution in [-0.2, 0) is 11.3 Å². The van der Waals surface area contributed by atoms with Gasteiger partial charge in [-0.15, -0.1) is 0 Å². The predicted molar refractivity (Wildman–Crippen MR) is 119 cm³/mol. The van der Waals surface area contributed by atoms with E-state index in [0.717, 1.165) is 66.1 Å². The molecule has 9 nitrogen and oxygen atoms in total. The summed E-state index contributed by atoms with van der Waals surface area (Å²) in [6.07, 6.45) is 1.80. The van der Waals surface area contributed by atoms with Crippen LogP contribution in [0.4, 0.5) is 17.6 Å². The normalized spacial score (nSPS) is 14.6. The number of aryl methyl sites for hydroxylation is 1. The van der Waals surface area contributed by atoms with E-state index in [-0.39, 0.29) is 5.92 Å². The summed E-state index contributed by atoms with van der Waals surface area (Å²) in [5.74, 6) is 2.45. The van der Waals surface area contributed by atoms with E-state index in [2.05, 4.69) is 34.4 Å². The summed E-state index contributed by atoms with van der Waals surface area (Å²) in [6, 6.07) is 3.99. The maximum absolute atomic E-state index is 5.31. The van der Waals surface area contributed by atoms with Crippen molar-refractivity contribution in [3.63, 3.8) is 0 Å². The van der Waals surface area contributed by atoms with Crippen LogP contribution in [-0.4, -0.2) is 64.6 Å². The fourth-order valence-electron chi connectivity index (χ4n) is 3.64. The van der Waals surface area contributed by atoms with Gasteiger partial charge in [0.15, 0.2) is 5.82 Å². The lowest BCUT2D eigenvalue weighted by atomic mass is 10.1. The molecule has 0 amide bonds. The highest BCUT2D eigenvalue weighted by Crippen LogP contribution is 2.31. The number of aromatic nitrogens is 5. The molecule has 4 heterocycles. The molecule has 2 N–H and O–H groups in total. The Bertz CT molecular complexity index is 1010. The molecule has 0 atom stereocenters. The van der Waals surface area contributed by atoms with Crippen molar-refractivity contribution < 1.29 is 4.74 Å². The highest BCUT2D eigenvalue weighted by Gasteiger charge is 2.23. The summed E-state index contributed by atoms with van der Waals surface area (Å²) in [7, 11) is 1.70. The molecule has 9 heteroatoms. The average molecular weight is 411 g/mol. The summed E-state index contributed by atoms with van der Waals surface area (Å²) >= 11 is 0. The minimum absolute atomic E-state index is 0.243. The van der Waals surface area contributed by atoms with Gasteiger partial charge in [0, 0.05) is 39.5 Å². The van der Waals surface area contributed by atoms with Gasteiger partial charge in [-0.1, -0.05) is 13.8 Å². The van der Waals surface area contributed by atoms with E-state index in [1.165, 1.54) is 0 Å². The lowest BCUT2D eigenvalue weighted by Crippen LogP contribution is -2.44. The zero-order valence-electron chi connectivity index (χ0n) is 18.1. The fraction of sp³-hybridized carbons (Fsp3) is 0.524. The molecule has 1 saturated heterocycles. The Morgan fingerprint density at radius 3 is 2.73 bits per heavy atom. The molecule has 1 fully saturated rings. The highest BCUT2D eigenvalue weighted by molar-refractivity contribution is 5.90. The Hall–Kier alpha value is -2.78. The standard InChI is InChI=1S/C21H30N8O/c1-14(2)17-18-19(29(27-17)11-12-30-4)20(24-16-13-15(3)5-6-23-16)26-21(25-18)28-9-7-22-8-10-28/h5-6,13-14,22H,7-12H2,1-4H3,(H,23,24,25,26). The third-order valence-corrected chi connectivity index (χ3v) is 5.22. The van der Waals surface area contributed by atoms with Crippen LogP contribution in [0.25, 0.3) is 11.0 Å². The molecule has 3 aromatic rings. The number of methoxy groups -OCH3 is 1. The van der Waals surface area contributed by atoms with Crippen molar-refractivity contribution in [2.45, 2.75) is 33.2 Å². The molecular formula is C21H30N8O. The van der Waals surface area contributed by atoms with Gasteiger partial charge in [-0.05, 0) is 30.5 Å². The number of ether oxygens (including phenoxy) is 1. The number of anilines is 3. The maximum atomic E-state index is 5.31. The average Bonchev–Trinajstić information content (AvgIpc) is 3.12. The number of hydrogen-bond donors (Lipinski definition) is 2. The summed E-state index contributed by atoms with van der Waals surface area (Å²) < 4.78 is 7.26. The van der Waals surface area contributed by atoms with E-state index in [1.807, 2.05) is 23.7 Å². The largest absolute Gasteiger partial charge is 0.383 e. The number of fused-ring (bicyclic) bond motifs is 1. The molecule has 3 aromatic heterocycles. The van der Waals surface area contributed by atoms with Crippen molar-refractivity contribution in [1.82, 2.24) is 30.0 Å². The fourth-order valence-corrected chi connectivity index (χ4v) is 3.64. The molecule has 0 unspecified atom stereocenters. The topological polar surface area (TPSA) is 93.0 Å². The van der Waals surface area contributed by atoms with Crippen LogP contribution in [0, 0.1) is 6.92 Å². The molecule has 1 aliphatic heterocycles. The van der Waals surface area contributed by atoms with Gasteiger partial charge in [-0.2, -0.15) is 10.1 Å². The van der Waals surface area contributed by atoms with Crippen molar-refractivity contribution in [2.24, 2.45) is 0 Å². The van der Waals surface area contributed by atoms with Crippen LogP contribution in [0.3, 0.4) is 0 Å². The monoisotopic (exact) mass is 410 g/mol. The van der Waals surface area contributed by atoms with E-state index < -0.39 is 0 Å². The van der Waals surface area contributed by atoms with Crippen LogP contribution < -0.4 is 15.5 Å². The van der Waals surface area contributed by atoms with Crippen LogP contribution in [0.5, 0.6) is 0 Å². The van der Waals surface area contributed by atoms with Crippen LogP contribution in [0.2, 0.25) is 0 Å². The molecule has 0 aliphatic carbocycles. The Morgan fingerprint density at radius 2 is 2.03 bits per heavy atom. The number of nitrogens with zero attached hydrogens (tertiary/aromatic N) is 6. The zero-order chi connectivity index (χ0) is 21.1. The van der Waals surface area contributed by atoms with E-state index in [0.29, 0.717) is 13.2 Å². The van der Waals surface area contributed by atoms with Crippen LogP contribution in [0.15, 0.2) is 18.3 Å². The van der Waals surface area contributed by atoms with Crippen molar-refractivity contribution in [2.75, 3.05) is 50.1 Å². The quantitative estimate of drug-likeness (QED) is 0.614. The van der Waals surface area contributed by atoms with Crippen LogP contribution in [0.1, 0.15) is 31.0 Å². The van der Waals surface area contributed by atoms with E-state index in [4.69, 9.17) is 19.8 Å². The molecule has 4 rings (SSSR count). The van der Waals surface area contributed by atoms with E-state index >= 15 is 0 Å². The van der Waals surface area contributed by atoms with E-state index in [1.54, 1.807) is 13.3 Å². The van der Waals surface area contributed by atoms with Gasteiger partial charge in [0.25, 0.3) is 0 Å². The van der Waals surface area contributed by atoms with Crippen molar-refractivity contribution >= 4 is 28.6 Å². The van der Waals surface area contributed by atoms with Gasteiger partial charge in [-0.25, -0.2) is 9.97 Å². The molecule has 0 saturated carbocycles. The van der Waals surface area contributed by atoms with Gasteiger partial charge in [0.2, 0.25) is 5.95 Å². The lowest BCUT2D eigenvalue weighted by molar-refractivity contribution is 0.184. The first kappa shape index (κ1) is 20.5. The molecule has 0 spiro atoms. The summed E-state index contributed by atoms with van der Waals surface area (Å²) in [5.41, 5.74) is 3.88. The SMILES string of the molecule is COCCn1nc(C(C)C)c2nc(N3CCNCC3)nc(Nc3cc(C)ccn3)c21. The molecule has 0 radical (unpaired) electrons. The third kappa shape index (κ3) is 4.22. The predicted octanol–water partition coefficient (Wildman–Crippen LogP) is 2.45. The Balaban J connectivity index is 1.87. The third-order valence-electron chi connectivity index (χ3n) is 5.22. The smallest absolute Gasteiger partial charge is 0.228 e. The first-order chi connectivity index (χ1) is 14.6. The molecule has 160 valence electrons. The second kappa shape index (κ2) is 8.93. The zero-order valence-corrected chi connectivity index (χ0v) is 18.1. The molecule has 0 aromatic carbocycles. The first-order valence-electron chi connectivity index (χ1n) is 10.5. The van der Waals surface area contributed by atoms with E-state index in [9.17, 15) is 0 Å². The number of rotatable bonds is 7. The molecular weight excluding hydrogens is 380 g/mol. The van der Waals surface area contributed by atoms with Crippen molar-refractivity contribution in [3.8, 4) is 0 Å². The lowest BCUT2D eigenvalue weighted by Gasteiger charge is -2.27. The van der Waals surface area contributed by atoms with Gasteiger partial charge < -0.3 is 20.3 Å². The van der Waals surface area contributed by atoms with Gasteiger partial charge in [-0.3, -0.25) is 4.68 Å². The minimum Gasteiger partial charge on any atom is -0.383 e. The Morgan fingerprint density at radius 1 is 1.23 bits per heavy atom. The number of pyridine rings is 1. The van der Waals surface area contributed by atoms with Crippen molar-refractivity contribution in [3.05, 3.63) is 29.6 Å².